The Morgan fingerprint density at radius 3 is 2.79 bits per heavy atom. The lowest BCUT2D eigenvalue weighted by molar-refractivity contribution is 0.962. The molecule has 0 spiro atoms. The summed E-state index contributed by atoms with van der Waals surface area (Å²) in [6, 6.07) is 7.34. The first-order chi connectivity index (χ1) is 9.08. The van der Waals surface area contributed by atoms with Crippen LogP contribution in [0.3, 0.4) is 0 Å². The van der Waals surface area contributed by atoms with Crippen molar-refractivity contribution in [2.75, 3.05) is 5.73 Å². The highest BCUT2D eigenvalue weighted by Crippen LogP contribution is 2.30. The van der Waals surface area contributed by atoms with E-state index in [0.717, 1.165) is 22.7 Å². The van der Waals surface area contributed by atoms with E-state index in [-0.39, 0.29) is 0 Å². The van der Waals surface area contributed by atoms with Gasteiger partial charge >= 0.3 is 0 Å². The van der Waals surface area contributed by atoms with Gasteiger partial charge in [-0.05, 0) is 26.0 Å². The Morgan fingerprint density at radius 1 is 1.21 bits per heavy atom. The maximum atomic E-state index is 6.05. The van der Waals surface area contributed by atoms with Crippen LogP contribution in [-0.4, -0.2) is 19.6 Å². The van der Waals surface area contributed by atoms with Crippen LogP contribution in [0.1, 0.15) is 11.5 Å². The summed E-state index contributed by atoms with van der Waals surface area (Å²) >= 11 is 6.05. The molecule has 5 nitrogen and oxygen atoms in total. The maximum Gasteiger partial charge on any atom is 0.171 e. The Bertz CT molecular complexity index is 778. The molecule has 0 aliphatic carbocycles. The van der Waals surface area contributed by atoms with Gasteiger partial charge in [0.25, 0.3) is 0 Å². The monoisotopic (exact) mass is 273 g/mol. The quantitative estimate of drug-likeness (QED) is 0.692. The number of benzene rings is 1. The van der Waals surface area contributed by atoms with Crippen molar-refractivity contribution in [2.45, 2.75) is 13.8 Å². The predicted molar refractivity (Wildman–Crippen MR) is 75.1 cm³/mol. The number of nitrogens with zero attached hydrogens (tertiary/aromatic N) is 4. The van der Waals surface area contributed by atoms with E-state index in [1.807, 2.05) is 36.4 Å². The molecule has 0 aliphatic rings. The van der Waals surface area contributed by atoms with Crippen molar-refractivity contribution in [3.63, 3.8) is 0 Å². The number of halogens is 1. The molecule has 96 valence electrons. The Hall–Kier alpha value is -2.14. The molecule has 0 unspecified atom stereocenters. The fourth-order valence-corrected chi connectivity index (χ4v) is 2.31. The molecule has 2 N–H and O–H groups in total. The normalized spacial score (nSPS) is 11.1. The van der Waals surface area contributed by atoms with Crippen molar-refractivity contribution < 1.29 is 0 Å². The van der Waals surface area contributed by atoms with E-state index in [1.165, 1.54) is 0 Å². The lowest BCUT2D eigenvalue weighted by atomic mass is 10.1. The summed E-state index contributed by atoms with van der Waals surface area (Å²) in [6.45, 7) is 3.84. The molecular weight excluding hydrogens is 262 g/mol. The van der Waals surface area contributed by atoms with E-state index in [9.17, 15) is 0 Å². The van der Waals surface area contributed by atoms with Gasteiger partial charge in [-0.15, -0.1) is 10.2 Å². The van der Waals surface area contributed by atoms with E-state index in [1.54, 1.807) is 6.07 Å². The van der Waals surface area contributed by atoms with Crippen molar-refractivity contribution in [2.24, 2.45) is 0 Å². The Balaban J connectivity index is 2.35. The fourth-order valence-electron chi connectivity index (χ4n) is 2.14. The first-order valence-corrected chi connectivity index (χ1v) is 6.19. The fraction of sp³-hybridized carbons (Fsp3) is 0.154. The number of hydrogen-bond acceptors (Lipinski definition) is 4. The van der Waals surface area contributed by atoms with E-state index in [0.29, 0.717) is 16.5 Å². The lowest BCUT2D eigenvalue weighted by Crippen LogP contribution is -2.01. The second-order valence-electron chi connectivity index (χ2n) is 4.36. The van der Waals surface area contributed by atoms with Crippen molar-refractivity contribution >= 4 is 22.9 Å². The molecule has 3 rings (SSSR count). The molecule has 2 heterocycles. The second-order valence-corrected chi connectivity index (χ2v) is 4.77. The van der Waals surface area contributed by atoms with Gasteiger partial charge in [0.2, 0.25) is 0 Å². The van der Waals surface area contributed by atoms with Crippen molar-refractivity contribution in [3.05, 3.63) is 40.8 Å². The number of aromatic nitrogens is 4. The minimum absolute atomic E-state index is 0.499. The molecular formula is C13H12ClN5. The van der Waals surface area contributed by atoms with E-state index >= 15 is 0 Å². The lowest BCUT2D eigenvalue weighted by Gasteiger charge is -2.07. The Labute approximate surface area is 115 Å². The number of para-hydroxylation sites is 1. The average Bonchev–Trinajstić information content (AvgIpc) is 2.76. The molecule has 0 radical (unpaired) electrons. The number of nitrogens with two attached hydrogens (primary N) is 1. The van der Waals surface area contributed by atoms with Crippen LogP contribution in [0.5, 0.6) is 0 Å². The van der Waals surface area contributed by atoms with Crippen molar-refractivity contribution in [3.8, 4) is 11.4 Å². The minimum atomic E-state index is 0.499. The highest BCUT2D eigenvalue weighted by Gasteiger charge is 2.14. The molecule has 1 aromatic carbocycles. The molecule has 0 saturated carbocycles. The predicted octanol–water partition coefficient (Wildman–Crippen LogP) is 2.64. The summed E-state index contributed by atoms with van der Waals surface area (Å²) in [7, 11) is 0. The van der Waals surface area contributed by atoms with Crippen molar-refractivity contribution in [1.29, 1.82) is 0 Å². The zero-order valence-corrected chi connectivity index (χ0v) is 11.3. The second kappa shape index (κ2) is 4.20. The first-order valence-electron chi connectivity index (χ1n) is 5.81. The van der Waals surface area contributed by atoms with Crippen LogP contribution in [0.15, 0.2) is 24.3 Å². The zero-order chi connectivity index (χ0) is 13.6. The summed E-state index contributed by atoms with van der Waals surface area (Å²) in [5, 5.41) is 8.87. The molecule has 2 aromatic heterocycles. The van der Waals surface area contributed by atoms with Crippen LogP contribution >= 0.6 is 11.6 Å². The van der Waals surface area contributed by atoms with Gasteiger partial charge in [0.15, 0.2) is 11.5 Å². The SMILES string of the molecule is Cc1cc2nnc(-c3cccc(Cl)c3N)n2c(C)n1. The molecule has 0 saturated heterocycles. The Morgan fingerprint density at radius 2 is 2.00 bits per heavy atom. The topological polar surface area (TPSA) is 69.1 Å². The van der Waals surface area contributed by atoms with Gasteiger partial charge in [-0.3, -0.25) is 4.40 Å². The van der Waals surface area contributed by atoms with Crippen LogP contribution in [0, 0.1) is 13.8 Å². The van der Waals surface area contributed by atoms with Gasteiger partial charge < -0.3 is 5.73 Å². The van der Waals surface area contributed by atoms with E-state index in [2.05, 4.69) is 15.2 Å². The molecule has 6 heteroatoms. The zero-order valence-electron chi connectivity index (χ0n) is 10.6. The van der Waals surface area contributed by atoms with Crippen molar-refractivity contribution in [1.82, 2.24) is 19.6 Å². The largest absolute Gasteiger partial charge is 0.397 e. The molecule has 3 aromatic rings. The molecule has 0 fully saturated rings. The molecule has 0 bridgehead atoms. The molecule has 0 atom stereocenters. The number of hydrogen-bond donors (Lipinski definition) is 1. The van der Waals surface area contributed by atoms with Gasteiger partial charge in [0.1, 0.15) is 5.82 Å². The van der Waals surface area contributed by atoms with Gasteiger partial charge in [-0.2, -0.15) is 0 Å². The highest BCUT2D eigenvalue weighted by atomic mass is 35.5. The number of anilines is 1. The van der Waals surface area contributed by atoms with Crippen LogP contribution in [0.4, 0.5) is 5.69 Å². The number of rotatable bonds is 1. The first kappa shape index (κ1) is 11.9. The standard InChI is InChI=1S/C13H12ClN5/c1-7-6-11-17-18-13(19(11)8(2)16-7)9-4-3-5-10(14)12(9)15/h3-6H,15H2,1-2H3. The molecule has 19 heavy (non-hydrogen) atoms. The number of aryl methyl sites for hydroxylation is 2. The summed E-state index contributed by atoms with van der Waals surface area (Å²) < 4.78 is 1.87. The van der Waals surface area contributed by atoms with E-state index in [4.69, 9.17) is 17.3 Å². The number of nitrogen functional groups attached to an aromatic ring is 1. The third kappa shape index (κ3) is 1.82. The summed E-state index contributed by atoms with van der Waals surface area (Å²) in [5.74, 6) is 1.47. The van der Waals surface area contributed by atoms with Gasteiger partial charge in [-0.25, -0.2) is 4.98 Å². The van der Waals surface area contributed by atoms with Crippen LogP contribution in [0.25, 0.3) is 17.0 Å². The van der Waals surface area contributed by atoms with Crippen LogP contribution in [0.2, 0.25) is 5.02 Å². The van der Waals surface area contributed by atoms with Crippen LogP contribution < -0.4 is 5.73 Å². The summed E-state index contributed by atoms with van der Waals surface area (Å²) in [4.78, 5) is 4.42. The van der Waals surface area contributed by atoms with E-state index < -0.39 is 0 Å². The van der Waals surface area contributed by atoms with Crippen LogP contribution in [-0.2, 0) is 0 Å². The third-order valence-electron chi connectivity index (χ3n) is 2.98. The van der Waals surface area contributed by atoms with Gasteiger partial charge in [0.05, 0.1) is 10.7 Å². The average molecular weight is 274 g/mol. The summed E-state index contributed by atoms with van der Waals surface area (Å²) in [6.07, 6.45) is 0. The number of fused-ring (bicyclic) bond motifs is 1. The minimum Gasteiger partial charge on any atom is -0.397 e. The summed E-state index contributed by atoms with van der Waals surface area (Å²) in [5.41, 5.74) is 8.92. The molecule has 0 amide bonds. The Kier molecular flexibility index (Phi) is 2.64. The molecule has 0 aliphatic heterocycles. The maximum absolute atomic E-state index is 6.05. The van der Waals surface area contributed by atoms with Gasteiger partial charge in [-0.1, -0.05) is 17.7 Å². The highest BCUT2D eigenvalue weighted by molar-refractivity contribution is 6.33. The third-order valence-corrected chi connectivity index (χ3v) is 3.31. The van der Waals surface area contributed by atoms with Gasteiger partial charge in [0, 0.05) is 17.3 Å². The smallest absolute Gasteiger partial charge is 0.171 e.